The quantitative estimate of drug-likeness (QED) is 0.697. The number of aryl methyl sites for hydroxylation is 1. The van der Waals surface area contributed by atoms with E-state index in [1.54, 1.807) is 0 Å². The molecule has 0 unspecified atom stereocenters. The van der Waals surface area contributed by atoms with E-state index in [1.807, 2.05) is 31.2 Å². The van der Waals surface area contributed by atoms with E-state index < -0.39 is 4.84 Å². The van der Waals surface area contributed by atoms with Crippen molar-refractivity contribution in [1.82, 2.24) is 9.97 Å². The molecule has 72 valence electrons. The summed E-state index contributed by atoms with van der Waals surface area (Å²) in [4.78, 5) is 8.09. The Balaban J connectivity index is 2.71. The van der Waals surface area contributed by atoms with Crippen LogP contribution < -0.4 is 0 Å². The van der Waals surface area contributed by atoms with E-state index in [4.69, 9.17) is 23.2 Å². The van der Waals surface area contributed by atoms with Gasteiger partial charge in [-0.25, -0.2) is 9.97 Å². The lowest BCUT2D eigenvalue weighted by Gasteiger charge is -2.06. The zero-order valence-electron chi connectivity index (χ0n) is 7.54. The van der Waals surface area contributed by atoms with Crippen LogP contribution in [0.3, 0.4) is 0 Å². The zero-order chi connectivity index (χ0) is 10.1. The van der Waals surface area contributed by atoms with Crippen molar-refractivity contribution >= 4 is 34.2 Å². The summed E-state index contributed by atoms with van der Waals surface area (Å²) in [5.41, 5.74) is 3.09. The molecule has 0 saturated carbocycles. The number of rotatable bonds is 1. The number of para-hydroxylation sites is 2. The van der Waals surface area contributed by atoms with Crippen LogP contribution in [0.25, 0.3) is 11.0 Å². The fourth-order valence-corrected chi connectivity index (χ4v) is 1.72. The Labute approximate surface area is 91.9 Å². The molecule has 2 nitrogen and oxygen atoms in total. The van der Waals surface area contributed by atoms with Crippen LogP contribution in [0.2, 0.25) is 0 Å². The zero-order valence-corrected chi connectivity index (χ0v) is 9.05. The maximum Gasteiger partial charge on any atom is 0.151 e. The topological polar surface area (TPSA) is 25.8 Å². The van der Waals surface area contributed by atoms with Crippen LogP contribution in [0.5, 0.6) is 0 Å². The number of halogens is 2. The van der Waals surface area contributed by atoms with Crippen LogP contribution in [-0.4, -0.2) is 9.97 Å². The minimum Gasteiger partial charge on any atom is -0.249 e. The average molecular weight is 227 g/mol. The molecule has 4 heteroatoms. The number of hydrogen-bond acceptors (Lipinski definition) is 2. The van der Waals surface area contributed by atoms with Gasteiger partial charge in [0.05, 0.1) is 22.4 Å². The van der Waals surface area contributed by atoms with Crippen molar-refractivity contribution < 1.29 is 0 Å². The van der Waals surface area contributed by atoms with Gasteiger partial charge in [0.15, 0.2) is 4.84 Å². The standard InChI is InChI=1S/C10H8Cl2N2/c1-6-9(10(11)12)14-8-5-3-2-4-7(8)13-6/h2-5,10H,1H3. The number of hydrogen-bond donors (Lipinski definition) is 0. The molecule has 1 aromatic carbocycles. The van der Waals surface area contributed by atoms with Crippen LogP contribution >= 0.6 is 23.2 Å². The number of alkyl halides is 2. The van der Waals surface area contributed by atoms with E-state index >= 15 is 0 Å². The molecular formula is C10H8Cl2N2. The Morgan fingerprint density at radius 2 is 1.64 bits per heavy atom. The summed E-state index contributed by atoms with van der Waals surface area (Å²) < 4.78 is 0. The minimum atomic E-state index is -0.618. The lowest BCUT2D eigenvalue weighted by Crippen LogP contribution is -1.97. The van der Waals surface area contributed by atoms with E-state index in [9.17, 15) is 0 Å². The summed E-state index contributed by atoms with van der Waals surface area (Å²) in [5, 5.41) is 0. The van der Waals surface area contributed by atoms with Crippen molar-refractivity contribution in [2.45, 2.75) is 11.8 Å². The molecule has 0 fully saturated rings. The Morgan fingerprint density at radius 1 is 1.07 bits per heavy atom. The normalized spacial score (nSPS) is 11.1. The molecule has 1 aromatic heterocycles. The molecule has 0 N–H and O–H groups in total. The molecular weight excluding hydrogens is 219 g/mol. The van der Waals surface area contributed by atoms with Gasteiger partial charge < -0.3 is 0 Å². The van der Waals surface area contributed by atoms with Crippen molar-refractivity contribution in [3.05, 3.63) is 35.7 Å². The van der Waals surface area contributed by atoms with Crippen molar-refractivity contribution in [2.75, 3.05) is 0 Å². The van der Waals surface area contributed by atoms with Crippen molar-refractivity contribution in [2.24, 2.45) is 0 Å². The van der Waals surface area contributed by atoms with Crippen LogP contribution in [0.1, 0.15) is 16.2 Å². The first-order valence-corrected chi connectivity index (χ1v) is 5.07. The second-order valence-corrected chi connectivity index (χ2v) is 4.08. The third-order valence-corrected chi connectivity index (χ3v) is 2.40. The van der Waals surface area contributed by atoms with Gasteiger partial charge in [-0.05, 0) is 19.1 Å². The minimum absolute atomic E-state index is 0.618. The van der Waals surface area contributed by atoms with Crippen molar-refractivity contribution in [3.8, 4) is 0 Å². The molecule has 0 aliphatic heterocycles. The van der Waals surface area contributed by atoms with Gasteiger partial charge in [-0.1, -0.05) is 35.3 Å². The monoisotopic (exact) mass is 226 g/mol. The lowest BCUT2D eigenvalue weighted by atomic mass is 10.2. The Morgan fingerprint density at radius 3 is 2.21 bits per heavy atom. The lowest BCUT2D eigenvalue weighted by molar-refractivity contribution is 1.06. The van der Waals surface area contributed by atoms with Crippen molar-refractivity contribution in [3.63, 3.8) is 0 Å². The summed E-state index contributed by atoms with van der Waals surface area (Å²) >= 11 is 11.5. The van der Waals surface area contributed by atoms with E-state index in [-0.39, 0.29) is 0 Å². The van der Waals surface area contributed by atoms with Gasteiger partial charge >= 0.3 is 0 Å². The van der Waals surface area contributed by atoms with Gasteiger partial charge in [0, 0.05) is 0 Å². The molecule has 0 bridgehead atoms. The molecule has 0 saturated heterocycles. The van der Waals surface area contributed by atoms with Crippen molar-refractivity contribution in [1.29, 1.82) is 0 Å². The number of aromatic nitrogens is 2. The Kier molecular flexibility index (Phi) is 2.57. The molecule has 0 aliphatic carbocycles. The van der Waals surface area contributed by atoms with Crippen LogP contribution in [0.15, 0.2) is 24.3 Å². The third-order valence-electron chi connectivity index (χ3n) is 1.99. The summed E-state index contributed by atoms with van der Waals surface area (Å²) in [6, 6.07) is 7.64. The highest BCUT2D eigenvalue weighted by atomic mass is 35.5. The van der Waals surface area contributed by atoms with Gasteiger partial charge in [0.25, 0.3) is 0 Å². The van der Waals surface area contributed by atoms with Crippen LogP contribution in [0, 0.1) is 6.92 Å². The molecule has 2 aromatic rings. The summed E-state index contributed by atoms with van der Waals surface area (Å²) in [5.74, 6) is 0. The highest BCUT2D eigenvalue weighted by Crippen LogP contribution is 2.26. The van der Waals surface area contributed by atoms with Gasteiger partial charge in [0.2, 0.25) is 0 Å². The van der Waals surface area contributed by atoms with Gasteiger partial charge in [-0.2, -0.15) is 0 Å². The SMILES string of the molecule is Cc1nc2ccccc2nc1C(Cl)Cl. The van der Waals surface area contributed by atoms with Gasteiger partial charge in [-0.3, -0.25) is 0 Å². The highest BCUT2D eigenvalue weighted by Gasteiger charge is 2.11. The molecule has 1 heterocycles. The molecule has 14 heavy (non-hydrogen) atoms. The van der Waals surface area contributed by atoms with E-state index in [1.165, 1.54) is 0 Å². The first-order chi connectivity index (χ1) is 6.68. The predicted octanol–water partition coefficient (Wildman–Crippen LogP) is 3.41. The first-order valence-electron chi connectivity index (χ1n) is 4.20. The summed E-state index contributed by atoms with van der Waals surface area (Å²) in [6.07, 6.45) is 0. The van der Waals surface area contributed by atoms with E-state index in [2.05, 4.69) is 9.97 Å². The van der Waals surface area contributed by atoms with E-state index in [0.29, 0.717) is 5.69 Å². The van der Waals surface area contributed by atoms with Gasteiger partial charge in [-0.15, -0.1) is 0 Å². The average Bonchev–Trinajstić information content (AvgIpc) is 2.16. The second-order valence-electron chi connectivity index (χ2n) is 2.98. The molecule has 2 rings (SSSR count). The fraction of sp³-hybridized carbons (Fsp3) is 0.200. The largest absolute Gasteiger partial charge is 0.249 e. The number of nitrogens with zero attached hydrogens (tertiary/aromatic N) is 2. The highest BCUT2D eigenvalue weighted by molar-refractivity contribution is 6.44. The maximum absolute atomic E-state index is 5.77. The summed E-state index contributed by atoms with van der Waals surface area (Å²) in [7, 11) is 0. The smallest absolute Gasteiger partial charge is 0.151 e. The predicted molar refractivity (Wildman–Crippen MR) is 58.7 cm³/mol. The molecule has 0 atom stereocenters. The molecule has 0 spiro atoms. The van der Waals surface area contributed by atoms with Crippen LogP contribution in [-0.2, 0) is 0 Å². The Hall–Kier alpha value is -0.860. The number of benzene rings is 1. The van der Waals surface area contributed by atoms with E-state index in [0.717, 1.165) is 16.7 Å². The Bertz CT molecular complexity index is 469. The molecule has 0 aliphatic rings. The fourth-order valence-electron chi connectivity index (χ4n) is 1.31. The first kappa shape index (κ1) is 9.69. The number of fused-ring (bicyclic) bond motifs is 1. The second kappa shape index (κ2) is 3.71. The molecule has 0 amide bonds. The summed E-state index contributed by atoms with van der Waals surface area (Å²) in [6.45, 7) is 1.85. The molecule has 0 radical (unpaired) electrons. The third kappa shape index (κ3) is 1.68. The van der Waals surface area contributed by atoms with Gasteiger partial charge in [0.1, 0.15) is 0 Å². The maximum atomic E-state index is 5.77. The van der Waals surface area contributed by atoms with Crippen LogP contribution in [0.4, 0.5) is 0 Å².